The van der Waals surface area contributed by atoms with Crippen molar-refractivity contribution in [1.82, 2.24) is 0 Å². The van der Waals surface area contributed by atoms with E-state index < -0.39 is 11.9 Å². The van der Waals surface area contributed by atoms with Crippen LogP contribution in [0.1, 0.15) is 127 Å². The van der Waals surface area contributed by atoms with E-state index in [1.54, 1.807) is 73.7 Å². The molecule has 0 saturated heterocycles. The van der Waals surface area contributed by atoms with E-state index in [0.717, 1.165) is 25.7 Å². The summed E-state index contributed by atoms with van der Waals surface area (Å²) >= 11 is 0. The van der Waals surface area contributed by atoms with Gasteiger partial charge in [-0.15, -0.1) is 0 Å². The predicted molar refractivity (Wildman–Crippen MR) is 216 cm³/mol. The van der Waals surface area contributed by atoms with Crippen LogP contribution in [0.3, 0.4) is 0 Å². The summed E-state index contributed by atoms with van der Waals surface area (Å²) in [6.45, 7) is 20.1. The second-order valence-electron chi connectivity index (χ2n) is 16.9. The molecule has 0 radical (unpaired) electrons. The Kier molecular flexibility index (Phi) is 17.9. The zero-order valence-corrected chi connectivity index (χ0v) is 34.9. The van der Waals surface area contributed by atoms with Crippen molar-refractivity contribution < 1.29 is 47.6 Å². The molecule has 0 amide bonds. The van der Waals surface area contributed by atoms with Crippen molar-refractivity contribution in [1.29, 1.82) is 0 Å². The molecule has 0 heterocycles. The van der Waals surface area contributed by atoms with Crippen molar-refractivity contribution in [2.75, 3.05) is 26.4 Å². The van der Waals surface area contributed by atoms with Gasteiger partial charge in [0.2, 0.25) is 0 Å². The van der Waals surface area contributed by atoms with E-state index in [4.69, 9.17) is 28.4 Å². The molecular weight excluding hydrogens is 712 g/mol. The Balaban J connectivity index is 1.36. The minimum atomic E-state index is -0.536. The van der Waals surface area contributed by atoms with Crippen LogP contribution in [0.15, 0.2) is 66.7 Å². The highest BCUT2D eigenvalue weighted by Gasteiger charge is 2.33. The van der Waals surface area contributed by atoms with Crippen molar-refractivity contribution in [2.24, 2.45) is 22.7 Å². The van der Waals surface area contributed by atoms with E-state index >= 15 is 0 Å². The van der Waals surface area contributed by atoms with Crippen LogP contribution in [-0.2, 0) is 19.1 Å². The number of carbonyl (C=O) groups is 4. The molecule has 3 aromatic rings. The number of rotatable bonds is 21. The highest BCUT2D eigenvalue weighted by atomic mass is 16.5. The maximum Gasteiger partial charge on any atom is 0.343 e. The molecule has 0 N–H and O–H groups in total. The average Bonchev–Trinajstić information content (AvgIpc) is 3.13. The summed E-state index contributed by atoms with van der Waals surface area (Å²) in [4.78, 5) is 50.2. The lowest BCUT2D eigenvalue weighted by Gasteiger charge is -2.30. The molecule has 56 heavy (non-hydrogen) atoms. The van der Waals surface area contributed by atoms with Crippen LogP contribution in [0.4, 0.5) is 0 Å². The van der Waals surface area contributed by atoms with Gasteiger partial charge < -0.3 is 28.4 Å². The van der Waals surface area contributed by atoms with Gasteiger partial charge in [0.1, 0.15) is 23.0 Å². The van der Waals surface area contributed by atoms with Gasteiger partial charge in [0.05, 0.1) is 43.5 Å². The Hall–Kier alpha value is -4.86. The molecule has 10 nitrogen and oxygen atoms in total. The van der Waals surface area contributed by atoms with E-state index in [1.165, 1.54) is 0 Å². The van der Waals surface area contributed by atoms with Crippen molar-refractivity contribution in [3.8, 4) is 23.0 Å². The number of unbranched alkanes of at least 4 members (excludes halogenated alkanes) is 2. The number of ether oxygens (including phenoxy) is 6. The smallest absolute Gasteiger partial charge is 0.343 e. The van der Waals surface area contributed by atoms with Crippen LogP contribution in [0.5, 0.6) is 23.0 Å². The fourth-order valence-electron chi connectivity index (χ4n) is 5.57. The van der Waals surface area contributed by atoms with Gasteiger partial charge >= 0.3 is 23.9 Å². The summed E-state index contributed by atoms with van der Waals surface area (Å²) in [5.41, 5.74) is 1.28. The lowest BCUT2D eigenvalue weighted by atomic mass is 9.76. The molecule has 306 valence electrons. The fourth-order valence-corrected chi connectivity index (χ4v) is 5.57. The van der Waals surface area contributed by atoms with Gasteiger partial charge in [-0.3, -0.25) is 9.59 Å². The molecule has 10 heteroatoms. The summed E-state index contributed by atoms with van der Waals surface area (Å²) < 4.78 is 33.6. The first kappa shape index (κ1) is 45.5. The molecule has 3 rings (SSSR count). The van der Waals surface area contributed by atoms with Crippen LogP contribution in [0.25, 0.3) is 0 Å². The zero-order valence-electron chi connectivity index (χ0n) is 34.9. The Bertz CT molecular complexity index is 1700. The van der Waals surface area contributed by atoms with E-state index in [0.29, 0.717) is 91.3 Å². The number of benzene rings is 3. The molecule has 0 aliphatic rings. The van der Waals surface area contributed by atoms with Crippen LogP contribution < -0.4 is 18.9 Å². The number of esters is 4. The van der Waals surface area contributed by atoms with Crippen LogP contribution in [0.2, 0.25) is 0 Å². The molecule has 0 aliphatic carbocycles. The molecule has 1 unspecified atom stereocenters. The Morgan fingerprint density at radius 3 is 1.57 bits per heavy atom. The number of hydrogen-bond acceptors (Lipinski definition) is 10. The Morgan fingerprint density at radius 2 is 1.09 bits per heavy atom. The minimum absolute atomic E-state index is 0.101. The third-order valence-electron chi connectivity index (χ3n) is 8.98. The average molecular weight is 775 g/mol. The normalized spacial score (nSPS) is 12.1. The van der Waals surface area contributed by atoms with E-state index in [-0.39, 0.29) is 28.7 Å². The molecular formula is C46H62O10. The first-order chi connectivity index (χ1) is 26.4. The molecule has 0 fully saturated rings. The summed E-state index contributed by atoms with van der Waals surface area (Å²) in [5.74, 6) is 0.794. The molecule has 0 aromatic heterocycles. The molecule has 3 aromatic carbocycles. The SMILES string of the molecule is Cc1cc(OC(=O)c2ccc(OCCCCOC(=O)CCC(C)(C)C)cc2)ccc1OC(=O)c1ccc(OCCCCOC(=O)C(CC(C)C)C(C)(C)C)cc1. The summed E-state index contributed by atoms with van der Waals surface area (Å²) in [6, 6.07) is 18.1. The van der Waals surface area contributed by atoms with Crippen molar-refractivity contribution in [3.63, 3.8) is 0 Å². The highest BCUT2D eigenvalue weighted by Crippen LogP contribution is 2.32. The van der Waals surface area contributed by atoms with Crippen molar-refractivity contribution >= 4 is 23.9 Å². The standard InChI is InChI=1S/C46H62O10/c1-32(2)30-39(46(7,8)9)44(50)54-29-13-11-27-52-37-20-16-35(17-21-37)43(49)56-40-23-22-38(31-33(40)3)55-42(48)34-14-18-36(19-15-34)51-26-10-12-28-53-41(47)24-25-45(4,5)6/h14-23,31-32,39H,10-13,24-30H2,1-9H3. The van der Waals surface area contributed by atoms with Crippen molar-refractivity contribution in [3.05, 3.63) is 83.4 Å². The van der Waals surface area contributed by atoms with Gasteiger partial charge in [-0.2, -0.15) is 0 Å². The topological polar surface area (TPSA) is 124 Å². The quantitative estimate of drug-likeness (QED) is 0.0587. The Labute approximate surface area is 333 Å². The first-order valence-electron chi connectivity index (χ1n) is 19.7. The minimum Gasteiger partial charge on any atom is -0.494 e. The number of aryl methyl sites for hydroxylation is 1. The predicted octanol–water partition coefficient (Wildman–Crippen LogP) is 10.4. The van der Waals surface area contributed by atoms with Gasteiger partial charge in [0.25, 0.3) is 0 Å². The summed E-state index contributed by atoms with van der Waals surface area (Å²) in [6.07, 6.45) is 4.85. The second kappa shape index (κ2) is 22.0. The molecule has 1 atom stereocenters. The zero-order chi connectivity index (χ0) is 41.3. The van der Waals surface area contributed by atoms with Crippen molar-refractivity contribution in [2.45, 2.75) is 107 Å². The van der Waals surface area contributed by atoms with Crippen LogP contribution >= 0.6 is 0 Å². The summed E-state index contributed by atoms with van der Waals surface area (Å²) in [5, 5.41) is 0. The first-order valence-corrected chi connectivity index (χ1v) is 19.7. The second-order valence-corrected chi connectivity index (χ2v) is 16.9. The number of carbonyl (C=O) groups excluding carboxylic acids is 4. The van der Waals surface area contributed by atoms with E-state index in [1.807, 2.05) is 0 Å². The molecule has 0 spiro atoms. The van der Waals surface area contributed by atoms with E-state index in [9.17, 15) is 19.2 Å². The summed E-state index contributed by atoms with van der Waals surface area (Å²) in [7, 11) is 0. The Morgan fingerprint density at radius 1 is 0.607 bits per heavy atom. The van der Waals surface area contributed by atoms with Crippen LogP contribution in [-0.4, -0.2) is 50.3 Å². The highest BCUT2D eigenvalue weighted by molar-refractivity contribution is 5.92. The molecule has 0 aliphatic heterocycles. The van der Waals surface area contributed by atoms with Gasteiger partial charge in [-0.05, 0) is 134 Å². The monoisotopic (exact) mass is 774 g/mol. The third kappa shape index (κ3) is 16.9. The van der Waals surface area contributed by atoms with Crippen LogP contribution in [0, 0.1) is 29.6 Å². The van der Waals surface area contributed by atoms with E-state index in [2.05, 4.69) is 55.4 Å². The maximum atomic E-state index is 12.9. The molecule has 0 bridgehead atoms. The lowest BCUT2D eigenvalue weighted by molar-refractivity contribution is -0.153. The van der Waals surface area contributed by atoms with Gasteiger partial charge in [-0.1, -0.05) is 55.4 Å². The maximum absolute atomic E-state index is 12.9. The third-order valence-corrected chi connectivity index (χ3v) is 8.98. The van der Waals surface area contributed by atoms with Gasteiger partial charge in [-0.25, -0.2) is 9.59 Å². The molecule has 0 saturated carbocycles. The number of hydrogen-bond donors (Lipinski definition) is 0. The fraction of sp³-hybridized carbons (Fsp3) is 0.522. The van der Waals surface area contributed by atoms with Gasteiger partial charge in [0.15, 0.2) is 0 Å². The largest absolute Gasteiger partial charge is 0.494 e. The lowest BCUT2D eigenvalue weighted by Crippen LogP contribution is -2.31. The van der Waals surface area contributed by atoms with Gasteiger partial charge in [0, 0.05) is 6.42 Å².